The summed E-state index contributed by atoms with van der Waals surface area (Å²) < 4.78 is 16.4. The summed E-state index contributed by atoms with van der Waals surface area (Å²) in [5, 5.41) is 6.86. The molecule has 1 saturated carbocycles. The van der Waals surface area contributed by atoms with Crippen molar-refractivity contribution in [2.24, 2.45) is 4.99 Å². The summed E-state index contributed by atoms with van der Waals surface area (Å²) in [6, 6.07) is 14.5. The number of aliphatic imine (C=N–C) groups is 1. The van der Waals surface area contributed by atoms with Crippen molar-refractivity contribution >= 4 is 5.96 Å². The van der Waals surface area contributed by atoms with Crippen molar-refractivity contribution in [2.45, 2.75) is 31.7 Å². The molecule has 0 bridgehead atoms. The van der Waals surface area contributed by atoms with Crippen molar-refractivity contribution in [3.05, 3.63) is 53.6 Å². The maximum atomic E-state index is 5.57. The molecule has 1 fully saturated rings. The number of hydrogen-bond acceptors (Lipinski definition) is 4. The zero-order chi connectivity index (χ0) is 20.7. The smallest absolute Gasteiger partial charge is 0.203 e. The summed E-state index contributed by atoms with van der Waals surface area (Å²) in [5.41, 5.74) is 2.55. The SMILES string of the molecule is CCNC(=NCc1ccc(OC)c(OC)c1OC)NCC1(c2ccccc2)CC1. The fourth-order valence-electron chi connectivity index (χ4n) is 3.56. The first-order valence-electron chi connectivity index (χ1n) is 10.0. The first-order chi connectivity index (χ1) is 14.2. The van der Waals surface area contributed by atoms with E-state index in [4.69, 9.17) is 19.2 Å². The van der Waals surface area contributed by atoms with Gasteiger partial charge in [-0.3, -0.25) is 0 Å². The van der Waals surface area contributed by atoms with E-state index in [0.717, 1.165) is 24.6 Å². The molecule has 0 atom stereocenters. The van der Waals surface area contributed by atoms with E-state index < -0.39 is 0 Å². The van der Waals surface area contributed by atoms with Crippen molar-refractivity contribution in [3.8, 4) is 17.2 Å². The summed E-state index contributed by atoms with van der Waals surface area (Å²) in [6.45, 7) is 4.20. The molecule has 156 valence electrons. The van der Waals surface area contributed by atoms with Crippen molar-refractivity contribution in [3.63, 3.8) is 0 Å². The van der Waals surface area contributed by atoms with E-state index in [9.17, 15) is 0 Å². The molecule has 0 saturated heterocycles. The summed E-state index contributed by atoms with van der Waals surface area (Å²) in [6.07, 6.45) is 2.40. The normalized spacial score (nSPS) is 14.8. The Balaban J connectivity index is 1.73. The Kier molecular flexibility index (Phi) is 6.86. The average molecular weight is 398 g/mol. The van der Waals surface area contributed by atoms with Gasteiger partial charge in [0.05, 0.1) is 27.9 Å². The molecular formula is C23H31N3O3. The lowest BCUT2D eigenvalue weighted by Gasteiger charge is -2.19. The number of benzene rings is 2. The minimum absolute atomic E-state index is 0.221. The number of hydrogen-bond donors (Lipinski definition) is 2. The lowest BCUT2D eigenvalue weighted by molar-refractivity contribution is 0.322. The van der Waals surface area contributed by atoms with Crippen molar-refractivity contribution in [1.29, 1.82) is 0 Å². The Morgan fingerprint density at radius 2 is 1.66 bits per heavy atom. The van der Waals surface area contributed by atoms with E-state index in [2.05, 4.69) is 47.9 Å². The predicted molar refractivity (Wildman–Crippen MR) is 116 cm³/mol. The highest BCUT2D eigenvalue weighted by molar-refractivity contribution is 5.80. The molecule has 0 heterocycles. The Bertz CT molecular complexity index is 833. The van der Waals surface area contributed by atoms with Crippen LogP contribution in [0.2, 0.25) is 0 Å². The van der Waals surface area contributed by atoms with E-state index in [1.54, 1.807) is 21.3 Å². The van der Waals surface area contributed by atoms with Gasteiger partial charge in [-0.1, -0.05) is 30.3 Å². The molecule has 0 radical (unpaired) electrons. The molecule has 29 heavy (non-hydrogen) atoms. The van der Waals surface area contributed by atoms with Gasteiger partial charge in [-0.25, -0.2) is 4.99 Å². The van der Waals surface area contributed by atoms with Gasteiger partial charge < -0.3 is 24.8 Å². The maximum Gasteiger partial charge on any atom is 0.203 e. The van der Waals surface area contributed by atoms with Gasteiger partial charge in [0.25, 0.3) is 0 Å². The fourth-order valence-corrected chi connectivity index (χ4v) is 3.56. The fraction of sp³-hybridized carbons (Fsp3) is 0.435. The Morgan fingerprint density at radius 1 is 0.931 bits per heavy atom. The van der Waals surface area contributed by atoms with E-state index in [1.807, 2.05) is 12.1 Å². The van der Waals surface area contributed by atoms with E-state index >= 15 is 0 Å². The first kappa shape index (κ1) is 20.8. The number of nitrogens with zero attached hydrogens (tertiary/aromatic N) is 1. The van der Waals surface area contributed by atoms with Crippen molar-refractivity contribution in [2.75, 3.05) is 34.4 Å². The van der Waals surface area contributed by atoms with Crippen LogP contribution in [0.3, 0.4) is 0 Å². The standard InChI is InChI=1S/C23H31N3O3/c1-5-24-22(26-16-23(13-14-23)18-9-7-6-8-10-18)25-15-17-11-12-19(27-2)21(29-4)20(17)28-3/h6-12H,5,13-16H2,1-4H3,(H2,24,25,26). The van der Waals surface area contributed by atoms with Gasteiger partial charge in [-0.2, -0.15) is 0 Å². The van der Waals surface area contributed by atoms with Gasteiger partial charge >= 0.3 is 0 Å². The molecule has 6 nitrogen and oxygen atoms in total. The molecule has 0 amide bonds. The quantitative estimate of drug-likeness (QED) is 0.501. The van der Waals surface area contributed by atoms with Crippen LogP contribution in [0.25, 0.3) is 0 Å². The van der Waals surface area contributed by atoms with Crippen molar-refractivity contribution in [1.82, 2.24) is 10.6 Å². The molecule has 1 aliphatic rings. The highest BCUT2D eigenvalue weighted by Gasteiger charge is 2.44. The summed E-state index contributed by atoms with van der Waals surface area (Å²) in [5.74, 6) is 2.67. The molecule has 2 aromatic rings. The largest absolute Gasteiger partial charge is 0.493 e. The number of guanidine groups is 1. The highest BCUT2D eigenvalue weighted by atomic mass is 16.5. The minimum Gasteiger partial charge on any atom is -0.493 e. The van der Waals surface area contributed by atoms with Crippen LogP contribution in [-0.2, 0) is 12.0 Å². The van der Waals surface area contributed by atoms with E-state index in [0.29, 0.717) is 23.8 Å². The summed E-state index contributed by atoms with van der Waals surface area (Å²) in [4.78, 5) is 4.77. The van der Waals surface area contributed by atoms with Gasteiger partial charge in [-0.05, 0) is 37.5 Å². The van der Waals surface area contributed by atoms with Crippen LogP contribution in [0, 0.1) is 0 Å². The third kappa shape index (κ3) is 4.75. The van der Waals surface area contributed by atoms with Crippen LogP contribution in [0.1, 0.15) is 30.9 Å². The van der Waals surface area contributed by atoms with Crippen LogP contribution in [0.4, 0.5) is 0 Å². The monoisotopic (exact) mass is 397 g/mol. The number of nitrogens with one attached hydrogen (secondary N) is 2. The van der Waals surface area contributed by atoms with Crippen LogP contribution < -0.4 is 24.8 Å². The molecule has 2 N–H and O–H groups in total. The zero-order valence-corrected chi connectivity index (χ0v) is 17.7. The molecule has 0 spiro atoms. The van der Waals surface area contributed by atoms with Crippen molar-refractivity contribution < 1.29 is 14.2 Å². The molecule has 1 aliphatic carbocycles. The molecule has 0 unspecified atom stereocenters. The molecule has 2 aromatic carbocycles. The molecule has 3 rings (SSSR count). The minimum atomic E-state index is 0.221. The van der Waals surface area contributed by atoms with Crippen LogP contribution in [0.5, 0.6) is 17.2 Å². The molecular weight excluding hydrogens is 366 g/mol. The van der Waals surface area contributed by atoms with Gasteiger partial charge in [0.15, 0.2) is 17.5 Å². The zero-order valence-electron chi connectivity index (χ0n) is 17.7. The molecule has 0 aliphatic heterocycles. The number of rotatable bonds is 9. The summed E-state index contributed by atoms with van der Waals surface area (Å²) in [7, 11) is 4.85. The predicted octanol–water partition coefficient (Wildman–Crippen LogP) is 3.50. The maximum absolute atomic E-state index is 5.57. The third-order valence-electron chi connectivity index (χ3n) is 5.37. The third-order valence-corrected chi connectivity index (χ3v) is 5.37. The number of methoxy groups -OCH3 is 3. The Labute approximate surface area is 173 Å². The van der Waals surface area contributed by atoms with Gasteiger partial charge in [-0.15, -0.1) is 0 Å². The van der Waals surface area contributed by atoms with Gasteiger partial charge in [0, 0.05) is 24.1 Å². The average Bonchev–Trinajstić information content (AvgIpc) is 3.56. The second kappa shape index (κ2) is 9.54. The lowest BCUT2D eigenvalue weighted by Crippen LogP contribution is -2.41. The van der Waals surface area contributed by atoms with Gasteiger partial charge in [0.2, 0.25) is 5.75 Å². The second-order valence-corrected chi connectivity index (χ2v) is 7.19. The summed E-state index contributed by atoms with van der Waals surface area (Å²) >= 11 is 0. The van der Waals surface area contributed by atoms with Crippen LogP contribution in [-0.4, -0.2) is 40.4 Å². The second-order valence-electron chi connectivity index (χ2n) is 7.19. The van der Waals surface area contributed by atoms with Crippen LogP contribution in [0.15, 0.2) is 47.5 Å². The van der Waals surface area contributed by atoms with E-state index in [-0.39, 0.29) is 5.41 Å². The molecule has 6 heteroatoms. The number of ether oxygens (including phenoxy) is 3. The van der Waals surface area contributed by atoms with Crippen LogP contribution >= 0.6 is 0 Å². The highest BCUT2D eigenvalue weighted by Crippen LogP contribution is 2.47. The molecule has 0 aromatic heterocycles. The Morgan fingerprint density at radius 3 is 2.24 bits per heavy atom. The van der Waals surface area contributed by atoms with E-state index in [1.165, 1.54) is 18.4 Å². The topological polar surface area (TPSA) is 64.1 Å². The Hall–Kier alpha value is -2.89. The lowest BCUT2D eigenvalue weighted by atomic mass is 9.96. The van der Waals surface area contributed by atoms with Gasteiger partial charge in [0.1, 0.15) is 0 Å². The first-order valence-corrected chi connectivity index (χ1v) is 10.0.